The van der Waals surface area contributed by atoms with Crippen LogP contribution in [-0.2, 0) is 6.54 Å². The van der Waals surface area contributed by atoms with E-state index in [1.165, 1.54) is 12.0 Å². The van der Waals surface area contributed by atoms with Crippen molar-refractivity contribution in [2.24, 2.45) is 0 Å². The van der Waals surface area contributed by atoms with Crippen LogP contribution in [0.25, 0.3) is 11.3 Å². The molecular weight excluding hydrogens is 334 g/mol. The minimum atomic E-state index is 0.361. The van der Waals surface area contributed by atoms with Crippen LogP contribution < -0.4 is 0 Å². The second kappa shape index (κ2) is 7.92. The van der Waals surface area contributed by atoms with Gasteiger partial charge in [0.25, 0.3) is 0 Å². The first-order chi connectivity index (χ1) is 13.2. The molecule has 0 aliphatic carbocycles. The van der Waals surface area contributed by atoms with Crippen molar-refractivity contribution < 1.29 is 0 Å². The maximum atomic E-state index is 4.72. The van der Waals surface area contributed by atoms with Crippen LogP contribution in [0.3, 0.4) is 0 Å². The molecule has 1 aliphatic heterocycles. The van der Waals surface area contributed by atoms with Crippen molar-refractivity contribution in [1.29, 1.82) is 0 Å². The van der Waals surface area contributed by atoms with Gasteiger partial charge in [-0.15, -0.1) is 0 Å². The highest BCUT2D eigenvalue weighted by atomic mass is 15.2. The second-order valence-corrected chi connectivity index (χ2v) is 7.49. The van der Waals surface area contributed by atoms with Crippen LogP contribution in [0, 0.1) is 0 Å². The van der Waals surface area contributed by atoms with Crippen molar-refractivity contribution in [2.75, 3.05) is 13.1 Å². The standard InChI is InChI=1S/C22H25N5/c1-16(2)22-25-11-6-20(26-22)15-27-12-7-19(14-27)18-5-10-24-21(13-18)17-3-8-23-9-4-17/h3-6,8-11,13,16,19H,7,12,14-15H2,1-2H3. The Balaban J connectivity index is 1.45. The average molecular weight is 359 g/mol. The topological polar surface area (TPSA) is 54.8 Å². The summed E-state index contributed by atoms with van der Waals surface area (Å²) in [5, 5.41) is 0. The summed E-state index contributed by atoms with van der Waals surface area (Å²) in [7, 11) is 0. The minimum Gasteiger partial charge on any atom is -0.297 e. The first kappa shape index (κ1) is 17.7. The summed E-state index contributed by atoms with van der Waals surface area (Å²) < 4.78 is 0. The molecule has 1 unspecified atom stereocenters. The summed E-state index contributed by atoms with van der Waals surface area (Å²) in [6, 6.07) is 10.4. The lowest BCUT2D eigenvalue weighted by atomic mass is 9.98. The van der Waals surface area contributed by atoms with Crippen molar-refractivity contribution >= 4 is 0 Å². The van der Waals surface area contributed by atoms with Crippen molar-refractivity contribution in [2.45, 2.75) is 38.6 Å². The lowest BCUT2D eigenvalue weighted by molar-refractivity contribution is 0.322. The number of likely N-dealkylation sites (tertiary alicyclic amines) is 1. The molecule has 3 aromatic rings. The van der Waals surface area contributed by atoms with Gasteiger partial charge in [-0.05, 0) is 54.8 Å². The number of hydrogen-bond acceptors (Lipinski definition) is 5. The van der Waals surface area contributed by atoms with Gasteiger partial charge in [-0.25, -0.2) is 9.97 Å². The Bertz CT molecular complexity index is 894. The molecule has 0 N–H and O–H groups in total. The molecule has 0 aromatic carbocycles. The van der Waals surface area contributed by atoms with Crippen molar-refractivity contribution in [1.82, 2.24) is 24.8 Å². The highest BCUT2D eigenvalue weighted by Crippen LogP contribution is 2.30. The summed E-state index contributed by atoms with van der Waals surface area (Å²) in [4.78, 5) is 20.2. The zero-order chi connectivity index (χ0) is 18.6. The van der Waals surface area contributed by atoms with Gasteiger partial charge in [0.05, 0.1) is 11.4 Å². The fraction of sp³-hybridized carbons (Fsp3) is 0.364. The number of pyridine rings is 2. The molecule has 5 nitrogen and oxygen atoms in total. The second-order valence-electron chi connectivity index (χ2n) is 7.49. The van der Waals surface area contributed by atoms with E-state index in [0.29, 0.717) is 11.8 Å². The fourth-order valence-electron chi connectivity index (χ4n) is 3.64. The lowest BCUT2D eigenvalue weighted by Crippen LogP contribution is -2.21. The van der Waals surface area contributed by atoms with Gasteiger partial charge in [-0.2, -0.15) is 0 Å². The van der Waals surface area contributed by atoms with Gasteiger partial charge in [0.1, 0.15) is 5.82 Å². The minimum absolute atomic E-state index is 0.361. The van der Waals surface area contributed by atoms with Gasteiger partial charge in [-0.3, -0.25) is 14.9 Å². The van der Waals surface area contributed by atoms with Crippen LogP contribution in [0.5, 0.6) is 0 Å². The average Bonchev–Trinajstić information content (AvgIpc) is 3.17. The molecule has 0 spiro atoms. The van der Waals surface area contributed by atoms with E-state index in [0.717, 1.165) is 42.4 Å². The molecule has 27 heavy (non-hydrogen) atoms. The van der Waals surface area contributed by atoms with Gasteiger partial charge in [0, 0.05) is 49.4 Å². The zero-order valence-corrected chi connectivity index (χ0v) is 15.9. The summed E-state index contributed by atoms with van der Waals surface area (Å²) in [6.07, 6.45) is 8.60. The summed E-state index contributed by atoms with van der Waals surface area (Å²) >= 11 is 0. The predicted octanol–water partition coefficient (Wildman–Crippen LogP) is 4.05. The molecule has 4 rings (SSSR count). The zero-order valence-electron chi connectivity index (χ0n) is 15.9. The predicted molar refractivity (Wildman–Crippen MR) is 106 cm³/mol. The highest BCUT2D eigenvalue weighted by molar-refractivity contribution is 5.59. The van der Waals surface area contributed by atoms with Crippen molar-refractivity contribution in [3.05, 3.63) is 72.2 Å². The largest absolute Gasteiger partial charge is 0.297 e. The van der Waals surface area contributed by atoms with Gasteiger partial charge in [0.2, 0.25) is 0 Å². The van der Waals surface area contributed by atoms with E-state index >= 15 is 0 Å². The smallest absolute Gasteiger partial charge is 0.131 e. The van der Waals surface area contributed by atoms with Crippen LogP contribution in [0.15, 0.2) is 55.1 Å². The van der Waals surface area contributed by atoms with E-state index in [1.807, 2.05) is 43.0 Å². The van der Waals surface area contributed by atoms with Crippen molar-refractivity contribution in [3.8, 4) is 11.3 Å². The van der Waals surface area contributed by atoms with Crippen LogP contribution in [0.2, 0.25) is 0 Å². The van der Waals surface area contributed by atoms with E-state index in [9.17, 15) is 0 Å². The summed E-state index contributed by atoms with van der Waals surface area (Å²) in [5.41, 5.74) is 4.61. The number of rotatable bonds is 5. The third-order valence-electron chi connectivity index (χ3n) is 5.14. The highest BCUT2D eigenvalue weighted by Gasteiger charge is 2.24. The van der Waals surface area contributed by atoms with E-state index in [4.69, 9.17) is 4.98 Å². The molecule has 5 heteroatoms. The Morgan fingerprint density at radius 3 is 2.67 bits per heavy atom. The summed E-state index contributed by atoms with van der Waals surface area (Å²) in [6.45, 7) is 7.31. The maximum absolute atomic E-state index is 4.72. The maximum Gasteiger partial charge on any atom is 0.131 e. The van der Waals surface area contributed by atoms with Gasteiger partial charge < -0.3 is 0 Å². The number of aromatic nitrogens is 4. The Hall–Kier alpha value is -2.66. The molecule has 0 bridgehead atoms. The first-order valence-electron chi connectivity index (χ1n) is 9.59. The third kappa shape index (κ3) is 4.19. The molecule has 1 atom stereocenters. The summed E-state index contributed by atoms with van der Waals surface area (Å²) in [5.74, 6) is 1.83. The van der Waals surface area contributed by atoms with E-state index < -0.39 is 0 Å². The van der Waals surface area contributed by atoms with E-state index in [2.05, 4.69) is 45.8 Å². The quantitative estimate of drug-likeness (QED) is 0.688. The Kier molecular flexibility index (Phi) is 5.21. The Morgan fingerprint density at radius 1 is 1.04 bits per heavy atom. The normalized spacial score (nSPS) is 17.5. The Morgan fingerprint density at radius 2 is 1.85 bits per heavy atom. The first-order valence-corrected chi connectivity index (χ1v) is 9.59. The van der Waals surface area contributed by atoms with Gasteiger partial charge in [-0.1, -0.05) is 13.8 Å². The van der Waals surface area contributed by atoms with Crippen molar-refractivity contribution in [3.63, 3.8) is 0 Å². The number of nitrogens with zero attached hydrogens (tertiary/aromatic N) is 5. The van der Waals surface area contributed by atoms with Gasteiger partial charge in [0.15, 0.2) is 0 Å². The molecule has 4 heterocycles. The molecule has 3 aromatic heterocycles. The van der Waals surface area contributed by atoms with Gasteiger partial charge >= 0.3 is 0 Å². The third-order valence-corrected chi connectivity index (χ3v) is 5.14. The fourth-order valence-corrected chi connectivity index (χ4v) is 3.64. The lowest BCUT2D eigenvalue weighted by Gasteiger charge is -2.16. The molecule has 138 valence electrons. The van der Waals surface area contributed by atoms with Crippen LogP contribution in [0.1, 0.15) is 49.2 Å². The monoisotopic (exact) mass is 359 g/mol. The number of hydrogen-bond donors (Lipinski definition) is 0. The van der Waals surface area contributed by atoms with Crippen LogP contribution in [-0.4, -0.2) is 37.9 Å². The molecule has 0 radical (unpaired) electrons. The van der Waals surface area contributed by atoms with Crippen LogP contribution >= 0.6 is 0 Å². The molecule has 0 amide bonds. The molecule has 0 saturated carbocycles. The molecular formula is C22H25N5. The van der Waals surface area contributed by atoms with E-state index in [-0.39, 0.29) is 0 Å². The van der Waals surface area contributed by atoms with Crippen LogP contribution in [0.4, 0.5) is 0 Å². The molecule has 1 saturated heterocycles. The Labute approximate surface area is 160 Å². The molecule has 1 fully saturated rings. The van der Waals surface area contributed by atoms with E-state index in [1.54, 1.807) is 0 Å². The molecule has 1 aliphatic rings. The SMILES string of the molecule is CC(C)c1nccc(CN2CCC(c3ccnc(-c4ccncc4)c3)C2)n1.